The van der Waals surface area contributed by atoms with Crippen LogP contribution in [0.1, 0.15) is 55.8 Å². The van der Waals surface area contributed by atoms with Gasteiger partial charge in [-0.3, -0.25) is 9.69 Å². The molecule has 10 heteroatoms. The minimum atomic E-state index is -0.314. The van der Waals surface area contributed by atoms with Crippen molar-refractivity contribution in [2.75, 3.05) is 53.6 Å². The third kappa shape index (κ3) is 5.59. The Morgan fingerprint density at radius 3 is 2.13 bits per heavy atom. The van der Waals surface area contributed by atoms with E-state index < -0.39 is 0 Å². The number of likely N-dealkylation sites (N-methyl/N-ethyl adjacent to an activating group) is 1. The molecule has 5 heterocycles. The number of amides is 1. The number of hydrogen-bond donors (Lipinski definition) is 0. The molecule has 5 aromatic rings. The lowest BCUT2D eigenvalue weighted by atomic mass is 9.85. The van der Waals surface area contributed by atoms with Gasteiger partial charge in [0.25, 0.3) is 5.91 Å². The number of rotatable bonds is 5. The Morgan fingerprint density at radius 2 is 1.39 bits per heavy atom. The van der Waals surface area contributed by atoms with E-state index in [0.717, 1.165) is 41.8 Å². The van der Waals surface area contributed by atoms with Crippen molar-refractivity contribution >= 4 is 11.6 Å². The van der Waals surface area contributed by atoms with E-state index >= 15 is 0 Å². The first-order valence-electron chi connectivity index (χ1n) is 18.4. The van der Waals surface area contributed by atoms with Crippen LogP contribution >= 0.6 is 0 Å². The van der Waals surface area contributed by atoms with Gasteiger partial charge in [-0.1, -0.05) is 30.3 Å². The van der Waals surface area contributed by atoms with E-state index in [1.54, 1.807) is 28.4 Å². The first-order chi connectivity index (χ1) is 26.4. The maximum absolute atomic E-state index is 14.7. The highest BCUT2D eigenvalue weighted by Gasteiger charge is 2.44. The molecule has 5 aliphatic rings. The third-order valence-electron chi connectivity index (χ3n) is 11.4. The molecule has 10 rings (SSSR count). The summed E-state index contributed by atoms with van der Waals surface area (Å²) >= 11 is 0. The molecule has 5 aliphatic heterocycles. The van der Waals surface area contributed by atoms with E-state index in [4.69, 9.17) is 28.4 Å². The molecule has 0 radical (unpaired) electrons. The van der Waals surface area contributed by atoms with Crippen molar-refractivity contribution in [2.45, 2.75) is 37.8 Å². The molecule has 54 heavy (non-hydrogen) atoms. The van der Waals surface area contributed by atoms with E-state index in [2.05, 4.69) is 41.2 Å². The van der Waals surface area contributed by atoms with Crippen molar-refractivity contribution in [2.24, 2.45) is 0 Å². The number of carbonyl (C=O) groups excluding carboxylic acids is 1. The van der Waals surface area contributed by atoms with Crippen molar-refractivity contribution in [1.82, 2.24) is 9.91 Å². The summed E-state index contributed by atoms with van der Waals surface area (Å²) in [7, 11) is 8.76. The van der Waals surface area contributed by atoms with Gasteiger partial charge in [0, 0.05) is 36.3 Å². The summed E-state index contributed by atoms with van der Waals surface area (Å²) in [5.41, 5.74) is 7.86. The Morgan fingerprint density at radius 1 is 0.685 bits per heavy atom. The highest BCUT2D eigenvalue weighted by molar-refractivity contribution is 6.06. The Labute approximate surface area is 315 Å². The lowest BCUT2D eigenvalue weighted by Gasteiger charge is -2.48. The summed E-state index contributed by atoms with van der Waals surface area (Å²) in [5, 5.41) is 3.96. The number of methoxy groups -OCH3 is 4. The molecule has 0 aliphatic carbocycles. The number of hydrazine groups is 1. The monoisotopic (exact) mass is 725 g/mol. The van der Waals surface area contributed by atoms with Crippen LogP contribution in [0.4, 0.5) is 5.69 Å². The zero-order valence-corrected chi connectivity index (χ0v) is 31.2. The van der Waals surface area contributed by atoms with Crippen molar-refractivity contribution in [3.8, 4) is 46.0 Å². The van der Waals surface area contributed by atoms with Crippen LogP contribution in [0.15, 0.2) is 84.9 Å². The summed E-state index contributed by atoms with van der Waals surface area (Å²) in [6, 6.07) is 27.7. The van der Waals surface area contributed by atoms with E-state index in [9.17, 15) is 4.79 Å². The van der Waals surface area contributed by atoms with Gasteiger partial charge in [0.05, 0.1) is 40.2 Å². The molecule has 0 spiro atoms. The third-order valence-corrected chi connectivity index (χ3v) is 11.4. The largest absolute Gasteiger partial charge is 0.493 e. The molecule has 0 saturated heterocycles. The fourth-order valence-electron chi connectivity index (χ4n) is 8.65. The lowest BCUT2D eigenvalue weighted by molar-refractivity contribution is 0.0796. The molecule has 0 saturated carbocycles. The smallest absolute Gasteiger partial charge is 0.272 e. The number of benzene rings is 5. The normalized spacial score (nSPS) is 18.6. The van der Waals surface area contributed by atoms with Gasteiger partial charge < -0.3 is 28.4 Å². The highest BCUT2D eigenvalue weighted by atomic mass is 16.5. The fraction of sp³-hybridized carbons (Fsp3) is 0.295. The van der Waals surface area contributed by atoms with Gasteiger partial charge in [0.15, 0.2) is 34.5 Å². The molecule has 1 unspecified atom stereocenters. The van der Waals surface area contributed by atoms with Crippen molar-refractivity contribution in [3.63, 3.8) is 0 Å². The Balaban J connectivity index is 1.31. The van der Waals surface area contributed by atoms with E-state index in [1.165, 1.54) is 16.7 Å². The summed E-state index contributed by atoms with van der Waals surface area (Å²) in [6.45, 7) is 1.50. The van der Waals surface area contributed by atoms with E-state index in [1.807, 2.05) is 65.7 Å². The number of hydrogen-bond acceptors (Lipinski definition) is 9. The van der Waals surface area contributed by atoms with Crippen LogP contribution in [-0.4, -0.2) is 64.4 Å². The summed E-state index contributed by atoms with van der Waals surface area (Å²) in [4.78, 5) is 17.1. The Kier molecular flexibility index (Phi) is 8.59. The number of ether oxygens (including phenoxy) is 6. The number of carbonyl (C=O) groups is 1. The van der Waals surface area contributed by atoms with Gasteiger partial charge in [-0.2, -0.15) is 0 Å². The van der Waals surface area contributed by atoms with Crippen molar-refractivity contribution in [3.05, 3.63) is 124 Å². The van der Waals surface area contributed by atoms with Crippen LogP contribution < -0.4 is 33.4 Å². The van der Waals surface area contributed by atoms with Crippen LogP contribution in [0.25, 0.3) is 0 Å². The predicted octanol–water partition coefficient (Wildman–Crippen LogP) is 8.11. The molecule has 0 fully saturated rings. The van der Waals surface area contributed by atoms with Crippen molar-refractivity contribution < 1.29 is 33.2 Å². The van der Waals surface area contributed by atoms with Crippen molar-refractivity contribution in [1.29, 1.82) is 0 Å². The zero-order valence-electron chi connectivity index (χ0n) is 31.2. The maximum atomic E-state index is 14.7. The predicted molar refractivity (Wildman–Crippen MR) is 205 cm³/mol. The number of nitrogens with zero attached hydrogens (tertiary/aromatic N) is 3. The topological polar surface area (TPSA) is 82.2 Å². The van der Waals surface area contributed by atoms with Gasteiger partial charge in [-0.05, 0) is 109 Å². The van der Waals surface area contributed by atoms with Gasteiger partial charge in [-0.25, -0.2) is 10.0 Å². The minimum Gasteiger partial charge on any atom is -0.493 e. The van der Waals surface area contributed by atoms with Crippen LogP contribution in [-0.2, 0) is 25.7 Å². The molecule has 2 atom stereocenters. The fourth-order valence-corrected chi connectivity index (χ4v) is 8.65. The van der Waals surface area contributed by atoms with E-state index in [-0.39, 0.29) is 18.0 Å². The first kappa shape index (κ1) is 34.1. The molecule has 5 aromatic carbocycles. The van der Waals surface area contributed by atoms with E-state index in [0.29, 0.717) is 70.9 Å². The lowest BCUT2D eigenvalue weighted by Crippen LogP contribution is -2.54. The Bertz CT molecular complexity index is 2260. The van der Waals surface area contributed by atoms with Crippen LogP contribution in [0.2, 0.25) is 0 Å². The molecular formula is C44H43N3O7. The molecule has 7 bridgehead atoms. The Hall–Kier alpha value is -5.71. The first-order valence-corrected chi connectivity index (χ1v) is 18.4. The molecule has 0 N–H and O–H groups in total. The summed E-state index contributed by atoms with van der Waals surface area (Å²) in [6.07, 6.45) is 2.89. The second-order valence-electron chi connectivity index (χ2n) is 14.3. The molecule has 0 aromatic heterocycles. The average molecular weight is 726 g/mol. The molecule has 276 valence electrons. The summed E-state index contributed by atoms with van der Waals surface area (Å²) < 4.78 is 37.7. The summed E-state index contributed by atoms with van der Waals surface area (Å²) in [5.74, 6) is 4.49. The number of anilines is 1. The second kappa shape index (κ2) is 13.6. The minimum absolute atomic E-state index is 0.107. The quantitative estimate of drug-likeness (QED) is 0.179. The molecule has 10 nitrogen and oxygen atoms in total. The number of fused-ring (bicyclic) bond motifs is 2. The standard InChI is InChI=1S/C44H43N3O7/c1-45-17-15-28-21-36(49-2)39-24-32(28)34(45)19-26-11-13-31(14-12-26)53-38-23-30-20-35-41-29(22-40(51-4)42(52-5)43(41)54-39)16-18-46(35)47(33(30)25-37(38)50-3)44(48)27-9-7-6-8-10-27/h6-14,21-25,34-35H,15-20H2,1-5H3/t34?,35-/m0/s1. The van der Waals surface area contributed by atoms with Crippen LogP contribution in [0, 0.1) is 0 Å². The average Bonchev–Trinajstić information content (AvgIpc) is 3.20. The second-order valence-corrected chi connectivity index (χ2v) is 14.3. The molecule has 1 amide bonds. The van der Waals surface area contributed by atoms with Gasteiger partial charge in [-0.15, -0.1) is 0 Å². The van der Waals surface area contributed by atoms with Crippen LogP contribution in [0.5, 0.6) is 46.0 Å². The van der Waals surface area contributed by atoms with Crippen LogP contribution in [0.3, 0.4) is 0 Å². The molecular weight excluding hydrogens is 682 g/mol. The van der Waals surface area contributed by atoms with Gasteiger partial charge >= 0.3 is 0 Å². The maximum Gasteiger partial charge on any atom is 0.272 e. The SMILES string of the molecule is COc1cc2c3cc1Oc1ccc(cc1)CC1c4cc(c(OC)cc4CCN1C)Oc1c(OC)c(OC)cc4c1[C@H](C3)N(CC4)N2C(=O)c1ccccc1. The zero-order chi connectivity index (χ0) is 37.1. The van der Waals surface area contributed by atoms with Gasteiger partial charge in [0.2, 0.25) is 5.75 Å². The van der Waals surface area contributed by atoms with Gasteiger partial charge in [0.1, 0.15) is 5.75 Å². The highest BCUT2D eigenvalue weighted by Crippen LogP contribution is 2.55.